The molecule has 0 amide bonds. The van der Waals surface area contributed by atoms with Crippen LogP contribution in [0.3, 0.4) is 0 Å². The topological polar surface area (TPSA) is 93.1 Å². The van der Waals surface area contributed by atoms with E-state index in [9.17, 15) is 19.8 Å². The molecule has 0 radical (unpaired) electrons. The van der Waals surface area contributed by atoms with Crippen LogP contribution in [0.15, 0.2) is 36.4 Å². The van der Waals surface area contributed by atoms with E-state index in [-0.39, 0.29) is 41.8 Å². The van der Waals surface area contributed by atoms with Crippen molar-refractivity contribution in [3.63, 3.8) is 0 Å². The Balaban J connectivity index is 1.90. The molecule has 0 spiro atoms. The van der Waals surface area contributed by atoms with Gasteiger partial charge in [0.05, 0.1) is 7.11 Å². The lowest BCUT2D eigenvalue weighted by Crippen LogP contribution is -2.22. The first-order valence-electron chi connectivity index (χ1n) is 9.93. The van der Waals surface area contributed by atoms with Gasteiger partial charge in [0.1, 0.15) is 11.9 Å². The molecule has 1 aliphatic rings. The number of benzene rings is 1. The lowest BCUT2D eigenvalue weighted by molar-refractivity contribution is -0.148. The summed E-state index contributed by atoms with van der Waals surface area (Å²) in [4.78, 5) is 23.9. The average Bonchev–Trinajstić information content (AvgIpc) is 2.67. The summed E-state index contributed by atoms with van der Waals surface area (Å²) >= 11 is 0. The SMILES string of the molecule is COc1cc(CCC(=O)C[C@@H](CC[C@H]2C=CC=C[C@@H]2C)OC(C)=O)cc(O)c1O. The summed E-state index contributed by atoms with van der Waals surface area (Å²) in [5, 5.41) is 19.4. The van der Waals surface area contributed by atoms with E-state index in [4.69, 9.17) is 9.47 Å². The molecule has 0 saturated heterocycles. The van der Waals surface area contributed by atoms with E-state index in [1.807, 2.05) is 12.2 Å². The molecule has 0 bridgehead atoms. The van der Waals surface area contributed by atoms with Gasteiger partial charge in [0, 0.05) is 19.8 Å². The molecule has 0 aromatic heterocycles. The van der Waals surface area contributed by atoms with Crippen molar-refractivity contribution in [2.75, 3.05) is 7.11 Å². The third-order valence-electron chi connectivity index (χ3n) is 5.20. The number of esters is 1. The van der Waals surface area contributed by atoms with E-state index in [1.165, 1.54) is 20.1 Å². The molecule has 29 heavy (non-hydrogen) atoms. The molecule has 0 fully saturated rings. The van der Waals surface area contributed by atoms with Gasteiger partial charge in [0.25, 0.3) is 0 Å². The third-order valence-corrected chi connectivity index (χ3v) is 5.20. The van der Waals surface area contributed by atoms with Crippen molar-refractivity contribution in [2.45, 2.75) is 52.1 Å². The fourth-order valence-corrected chi connectivity index (χ4v) is 3.53. The monoisotopic (exact) mass is 402 g/mol. The van der Waals surface area contributed by atoms with E-state index in [2.05, 4.69) is 19.1 Å². The van der Waals surface area contributed by atoms with Crippen molar-refractivity contribution in [2.24, 2.45) is 11.8 Å². The summed E-state index contributed by atoms with van der Waals surface area (Å²) < 4.78 is 10.4. The van der Waals surface area contributed by atoms with E-state index >= 15 is 0 Å². The van der Waals surface area contributed by atoms with Gasteiger partial charge in [-0.2, -0.15) is 0 Å². The number of phenols is 2. The number of ether oxygens (including phenoxy) is 2. The largest absolute Gasteiger partial charge is 0.504 e. The van der Waals surface area contributed by atoms with Gasteiger partial charge in [-0.25, -0.2) is 0 Å². The smallest absolute Gasteiger partial charge is 0.302 e. The van der Waals surface area contributed by atoms with Crippen LogP contribution in [-0.4, -0.2) is 35.2 Å². The van der Waals surface area contributed by atoms with Crippen molar-refractivity contribution in [3.8, 4) is 17.2 Å². The molecule has 0 saturated carbocycles. The lowest BCUT2D eigenvalue weighted by Gasteiger charge is -2.23. The van der Waals surface area contributed by atoms with Crippen molar-refractivity contribution >= 4 is 11.8 Å². The maximum atomic E-state index is 12.5. The molecule has 1 aromatic carbocycles. The minimum atomic E-state index is -0.436. The third kappa shape index (κ3) is 6.97. The Labute approximate surface area is 171 Å². The van der Waals surface area contributed by atoms with Crippen LogP contribution in [0.2, 0.25) is 0 Å². The number of ketones is 1. The number of aryl methyl sites for hydroxylation is 1. The first-order chi connectivity index (χ1) is 13.8. The van der Waals surface area contributed by atoms with Crippen LogP contribution in [0.25, 0.3) is 0 Å². The van der Waals surface area contributed by atoms with E-state index in [0.29, 0.717) is 30.2 Å². The van der Waals surface area contributed by atoms with Gasteiger partial charge in [-0.15, -0.1) is 0 Å². The highest BCUT2D eigenvalue weighted by Crippen LogP contribution is 2.36. The van der Waals surface area contributed by atoms with E-state index < -0.39 is 6.10 Å². The normalized spacial score (nSPS) is 19.0. The Bertz CT molecular complexity index is 780. The average molecular weight is 402 g/mol. The molecule has 2 N–H and O–H groups in total. The second-order valence-electron chi connectivity index (χ2n) is 7.51. The zero-order valence-corrected chi connectivity index (χ0v) is 17.3. The highest BCUT2D eigenvalue weighted by atomic mass is 16.5. The molecule has 6 nitrogen and oxygen atoms in total. The quantitative estimate of drug-likeness (QED) is 0.452. The molecule has 6 heteroatoms. The lowest BCUT2D eigenvalue weighted by atomic mass is 9.85. The van der Waals surface area contributed by atoms with Crippen molar-refractivity contribution in [1.29, 1.82) is 0 Å². The van der Waals surface area contributed by atoms with Crippen molar-refractivity contribution < 1.29 is 29.3 Å². The Morgan fingerprint density at radius 3 is 2.55 bits per heavy atom. The molecule has 0 aliphatic heterocycles. The van der Waals surface area contributed by atoms with E-state index in [1.54, 1.807) is 6.07 Å². The summed E-state index contributed by atoms with van der Waals surface area (Å²) in [6.07, 6.45) is 10.2. The van der Waals surface area contributed by atoms with Gasteiger partial charge in [-0.1, -0.05) is 31.2 Å². The highest BCUT2D eigenvalue weighted by Gasteiger charge is 2.21. The van der Waals surface area contributed by atoms with Crippen molar-refractivity contribution in [3.05, 3.63) is 42.0 Å². The molecular formula is C23H30O6. The van der Waals surface area contributed by atoms with Gasteiger partial charge in [0.2, 0.25) is 5.75 Å². The highest BCUT2D eigenvalue weighted by molar-refractivity contribution is 5.79. The Kier molecular flexibility index (Phi) is 8.31. The molecule has 0 unspecified atom stereocenters. The fourth-order valence-electron chi connectivity index (χ4n) is 3.53. The molecule has 0 heterocycles. The molecule has 3 atom stereocenters. The minimum absolute atomic E-state index is 0.0186. The van der Waals surface area contributed by atoms with Gasteiger partial charge < -0.3 is 19.7 Å². The second-order valence-corrected chi connectivity index (χ2v) is 7.51. The number of methoxy groups -OCH3 is 1. The summed E-state index contributed by atoms with van der Waals surface area (Å²) in [5.74, 6) is -0.0509. The van der Waals surface area contributed by atoms with Crippen LogP contribution in [0, 0.1) is 11.8 Å². The summed E-state index contributed by atoms with van der Waals surface area (Å²) in [7, 11) is 1.39. The number of allylic oxidation sites excluding steroid dienone is 4. The maximum absolute atomic E-state index is 12.5. The van der Waals surface area contributed by atoms with Gasteiger partial charge in [-0.05, 0) is 48.8 Å². The minimum Gasteiger partial charge on any atom is -0.504 e. The Morgan fingerprint density at radius 1 is 1.17 bits per heavy atom. The summed E-state index contributed by atoms with van der Waals surface area (Å²) in [5.41, 5.74) is 0.683. The number of aromatic hydroxyl groups is 2. The predicted octanol–water partition coefficient (Wildman–Crippen LogP) is 4.09. The number of phenolic OH excluding ortho intramolecular Hbond substituents is 2. The number of carbonyl (C=O) groups excluding carboxylic acids is 2. The predicted molar refractivity (Wildman–Crippen MR) is 110 cm³/mol. The summed E-state index contributed by atoms with van der Waals surface area (Å²) in [6.45, 7) is 3.51. The van der Waals surface area contributed by atoms with Crippen LogP contribution in [0.1, 0.15) is 45.1 Å². The second kappa shape index (κ2) is 10.7. The zero-order chi connectivity index (χ0) is 21.4. The zero-order valence-electron chi connectivity index (χ0n) is 17.3. The van der Waals surface area contributed by atoms with Gasteiger partial charge in [-0.3, -0.25) is 9.59 Å². The van der Waals surface area contributed by atoms with E-state index in [0.717, 1.165) is 6.42 Å². The van der Waals surface area contributed by atoms with Crippen LogP contribution in [-0.2, 0) is 20.7 Å². The van der Waals surface area contributed by atoms with Crippen LogP contribution < -0.4 is 4.74 Å². The first-order valence-corrected chi connectivity index (χ1v) is 9.93. The van der Waals surface area contributed by atoms with Crippen LogP contribution in [0.5, 0.6) is 17.2 Å². The Hall–Kier alpha value is -2.76. The first kappa shape index (κ1) is 22.5. The molecule has 1 aliphatic carbocycles. The molecule has 158 valence electrons. The van der Waals surface area contributed by atoms with Crippen LogP contribution >= 0.6 is 0 Å². The molecular weight excluding hydrogens is 372 g/mol. The number of hydrogen-bond acceptors (Lipinski definition) is 6. The number of rotatable bonds is 10. The standard InChI is InChI=1S/C23H30O6/c1-15-6-4-5-7-18(15)9-11-20(29-16(2)24)14-19(25)10-8-17-12-21(26)23(27)22(13-17)28-3/h4-7,12-13,15,18,20,26-27H,8-11,14H2,1-3H3/t15-,18+,20+/m0/s1. The maximum Gasteiger partial charge on any atom is 0.302 e. The van der Waals surface area contributed by atoms with Gasteiger partial charge >= 0.3 is 5.97 Å². The fraction of sp³-hybridized carbons (Fsp3) is 0.478. The Morgan fingerprint density at radius 2 is 1.90 bits per heavy atom. The number of hydrogen-bond donors (Lipinski definition) is 2. The van der Waals surface area contributed by atoms with Crippen LogP contribution in [0.4, 0.5) is 0 Å². The van der Waals surface area contributed by atoms with Gasteiger partial charge in [0.15, 0.2) is 11.5 Å². The molecule has 1 aromatic rings. The number of carbonyl (C=O) groups is 2. The number of Topliss-reactive ketones (excluding diaryl/α,β-unsaturated/α-hetero) is 1. The molecule has 2 rings (SSSR count). The summed E-state index contributed by atoms with van der Waals surface area (Å²) in [6, 6.07) is 3.01. The van der Waals surface area contributed by atoms with Crippen molar-refractivity contribution in [1.82, 2.24) is 0 Å².